The Morgan fingerprint density at radius 3 is 2.92 bits per heavy atom. The van der Waals surface area contributed by atoms with E-state index in [2.05, 4.69) is 38.4 Å². The van der Waals surface area contributed by atoms with Crippen molar-refractivity contribution in [2.45, 2.75) is 33.1 Å². The number of thiophene rings is 1. The van der Waals surface area contributed by atoms with Gasteiger partial charge in [0.15, 0.2) is 5.69 Å². The average Bonchev–Trinajstić information content (AvgIpc) is 3.09. The predicted molar refractivity (Wildman–Crippen MR) is 104 cm³/mol. The molecule has 0 unspecified atom stereocenters. The van der Waals surface area contributed by atoms with E-state index in [1.54, 1.807) is 31.5 Å². The van der Waals surface area contributed by atoms with Gasteiger partial charge in [0, 0.05) is 18.1 Å². The van der Waals surface area contributed by atoms with Gasteiger partial charge in [-0.1, -0.05) is 6.92 Å². The van der Waals surface area contributed by atoms with E-state index in [0.29, 0.717) is 21.6 Å². The summed E-state index contributed by atoms with van der Waals surface area (Å²) in [5, 5.41) is 4.76. The zero-order valence-electron chi connectivity index (χ0n) is 14.7. The molecule has 4 rings (SSSR count). The lowest BCUT2D eigenvalue weighted by Gasteiger charge is -2.17. The molecule has 3 heterocycles. The van der Waals surface area contributed by atoms with Gasteiger partial charge in [0.25, 0.3) is 11.5 Å². The first-order valence-electron chi connectivity index (χ1n) is 8.39. The fraction of sp³-hybridized carbons (Fsp3) is 0.412. The Morgan fingerprint density at radius 2 is 2.23 bits per heavy atom. The zero-order valence-corrected chi connectivity index (χ0v) is 17.1. The van der Waals surface area contributed by atoms with Crippen LogP contribution in [-0.2, 0) is 19.9 Å². The third-order valence-electron chi connectivity index (χ3n) is 4.71. The highest BCUT2D eigenvalue weighted by Gasteiger charge is 2.25. The molecule has 0 spiro atoms. The molecule has 1 aliphatic carbocycles. The van der Waals surface area contributed by atoms with E-state index in [1.165, 1.54) is 14.2 Å². The highest BCUT2D eigenvalue weighted by molar-refractivity contribution is 9.10. The summed E-state index contributed by atoms with van der Waals surface area (Å²) >= 11 is 4.91. The number of aryl methyl sites for hydroxylation is 3. The number of carbonyl (C=O) groups is 1. The lowest BCUT2D eigenvalue weighted by atomic mass is 9.89. The van der Waals surface area contributed by atoms with Crippen LogP contribution in [0.25, 0.3) is 10.2 Å². The fourth-order valence-corrected chi connectivity index (χ4v) is 5.37. The van der Waals surface area contributed by atoms with Gasteiger partial charge in [-0.3, -0.25) is 19.7 Å². The van der Waals surface area contributed by atoms with E-state index >= 15 is 0 Å². The number of rotatable bonds is 2. The third kappa shape index (κ3) is 2.79. The van der Waals surface area contributed by atoms with Crippen molar-refractivity contribution in [2.75, 3.05) is 5.43 Å². The summed E-state index contributed by atoms with van der Waals surface area (Å²) in [4.78, 5) is 32.2. The lowest BCUT2D eigenvalue weighted by Crippen LogP contribution is -2.36. The largest absolute Gasteiger partial charge is 0.291 e. The van der Waals surface area contributed by atoms with Crippen molar-refractivity contribution in [2.24, 2.45) is 13.0 Å². The molecule has 0 fully saturated rings. The molecule has 1 amide bonds. The molecule has 3 aromatic heterocycles. The number of nitrogens with zero attached hydrogens (tertiary/aromatic N) is 4. The molecule has 26 heavy (non-hydrogen) atoms. The number of carbonyl (C=O) groups excluding carboxylic acids is 1. The van der Waals surface area contributed by atoms with Crippen LogP contribution in [0.4, 0.5) is 0 Å². The monoisotopic (exact) mass is 435 g/mol. The van der Waals surface area contributed by atoms with Crippen LogP contribution in [0.3, 0.4) is 0 Å². The molecule has 136 valence electrons. The summed E-state index contributed by atoms with van der Waals surface area (Å²) in [5.74, 6) is 0.621. The Morgan fingerprint density at radius 1 is 1.46 bits per heavy atom. The minimum absolute atomic E-state index is 0.222. The molecule has 0 saturated heterocycles. The molecular formula is C17H18BrN5O2S. The molecule has 0 bridgehead atoms. The highest BCUT2D eigenvalue weighted by atomic mass is 79.9. The van der Waals surface area contributed by atoms with Gasteiger partial charge in [0.05, 0.1) is 9.86 Å². The Labute approximate surface area is 162 Å². The Balaban J connectivity index is 1.79. The number of hydrogen-bond donors (Lipinski definition) is 1. The van der Waals surface area contributed by atoms with E-state index in [0.717, 1.165) is 29.7 Å². The van der Waals surface area contributed by atoms with Crippen LogP contribution in [0, 0.1) is 12.8 Å². The quantitative estimate of drug-likeness (QED) is 0.670. The normalized spacial score (nSPS) is 16.7. The first kappa shape index (κ1) is 17.4. The maximum Gasteiger partial charge on any atom is 0.291 e. The standard InChI is InChI=1S/C17H18BrN5O2S/c1-8-4-5-10-12(6-8)26-16-13(10)17(25)23(9(2)19-16)21-15(24)14-11(18)7-22(3)20-14/h7-8H,4-6H2,1-3H3,(H,21,24)/t8-/m1/s1. The number of amides is 1. The molecule has 9 heteroatoms. The maximum absolute atomic E-state index is 13.1. The SMILES string of the molecule is Cc1nc2sc3c(c2c(=O)n1NC(=O)c1nn(C)cc1Br)CC[C@@H](C)C3. The summed E-state index contributed by atoms with van der Waals surface area (Å²) in [6, 6.07) is 0. The number of halogens is 1. The molecular weight excluding hydrogens is 418 g/mol. The summed E-state index contributed by atoms with van der Waals surface area (Å²) in [6.07, 6.45) is 4.63. The van der Waals surface area contributed by atoms with Gasteiger partial charge in [0.1, 0.15) is 10.7 Å². The van der Waals surface area contributed by atoms with Crippen LogP contribution in [0.5, 0.6) is 0 Å². The van der Waals surface area contributed by atoms with E-state index in [4.69, 9.17) is 0 Å². The third-order valence-corrected chi connectivity index (χ3v) is 6.44. The second kappa shape index (κ2) is 6.31. The molecule has 0 aliphatic heterocycles. The minimum Gasteiger partial charge on any atom is -0.274 e. The summed E-state index contributed by atoms with van der Waals surface area (Å²) in [5.41, 5.74) is 3.75. The van der Waals surface area contributed by atoms with Gasteiger partial charge in [0.2, 0.25) is 0 Å². The van der Waals surface area contributed by atoms with Crippen molar-refractivity contribution in [3.05, 3.63) is 43.0 Å². The summed E-state index contributed by atoms with van der Waals surface area (Å²) < 4.78 is 3.34. The Kier molecular flexibility index (Phi) is 4.23. The van der Waals surface area contributed by atoms with Crippen molar-refractivity contribution in [1.82, 2.24) is 19.4 Å². The van der Waals surface area contributed by atoms with Crippen molar-refractivity contribution in [3.63, 3.8) is 0 Å². The second-order valence-corrected chi connectivity index (χ2v) is 8.71. The van der Waals surface area contributed by atoms with Crippen LogP contribution in [0.15, 0.2) is 15.5 Å². The van der Waals surface area contributed by atoms with E-state index in [1.807, 2.05) is 0 Å². The topological polar surface area (TPSA) is 81.8 Å². The Hall–Kier alpha value is -2.00. The van der Waals surface area contributed by atoms with Crippen LogP contribution in [0.2, 0.25) is 0 Å². The van der Waals surface area contributed by atoms with Gasteiger partial charge in [-0.15, -0.1) is 11.3 Å². The smallest absolute Gasteiger partial charge is 0.274 e. The maximum atomic E-state index is 13.1. The molecule has 0 radical (unpaired) electrons. The molecule has 3 aromatic rings. The first-order chi connectivity index (χ1) is 12.3. The average molecular weight is 436 g/mol. The van der Waals surface area contributed by atoms with Crippen LogP contribution in [-0.4, -0.2) is 25.3 Å². The molecule has 1 atom stereocenters. The summed E-state index contributed by atoms with van der Waals surface area (Å²) in [7, 11) is 1.73. The van der Waals surface area contributed by atoms with Crippen LogP contribution < -0.4 is 11.0 Å². The van der Waals surface area contributed by atoms with E-state index in [-0.39, 0.29) is 11.3 Å². The number of aromatic nitrogens is 4. The number of fused-ring (bicyclic) bond motifs is 3. The zero-order chi connectivity index (χ0) is 18.6. The van der Waals surface area contributed by atoms with Gasteiger partial charge in [-0.05, 0) is 53.6 Å². The molecule has 0 saturated carbocycles. The van der Waals surface area contributed by atoms with Gasteiger partial charge in [-0.2, -0.15) is 5.10 Å². The number of nitrogens with one attached hydrogen (secondary N) is 1. The van der Waals surface area contributed by atoms with E-state index < -0.39 is 5.91 Å². The molecule has 0 aromatic carbocycles. The molecule has 1 aliphatic rings. The van der Waals surface area contributed by atoms with Crippen molar-refractivity contribution in [1.29, 1.82) is 0 Å². The fourth-order valence-electron chi connectivity index (χ4n) is 3.39. The van der Waals surface area contributed by atoms with Crippen molar-refractivity contribution in [3.8, 4) is 0 Å². The van der Waals surface area contributed by atoms with E-state index in [9.17, 15) is 9.59 Å². The van der Waals surface area contributed by atoms with Crippen molar-refractivity contribution < 1.29 is 4.79 Å². The summed E-state index contributed by atoms with van der Waals surface area (Å²) in [6.45, 7) is 3.95. The van der Waals surface area contributed by atoms with Gasteiger partial charge in [-0.25, -0.2) is 9.66 Å². The Bertz CT molecular complexity index is 1100. The number of hydrogen-bond acceptors (Lipinski definition) is 5. The molecule has 1 N–H and O–H groups in total. The molecule has 7 nitrogen and oxygen atoms in total. The second-order valence-electron chi connectivity index (χ2n) is 6.77. The first-order valence-corrected chi connectivity index (χ1v) is 10.0. The lowest BCUT2D eigenvalue weighted by molar-refractivity contribution is 0.1000. The van der Waals surface area contributed by atoms with Crippen molar-refractivity contribution >= 4 is 43.4 Å². The van der Waals surface area contributed by atoms with Crippen LogP contribution >= 0.6 is 27.3 Å². The predicted octanol–water partition coefficient (Wildman–Crippen LogP) is 2.77. The van der Waals surface area contributed by atoms with Gasteiger partial charge >= 0.3 is 0 Å². The minimum atomic E-state index is -0.457. The highest BCUT2D eigenvalue weighted by Crippen LogP contribution is 2.35. The van der Waals surface area contributed by atoms with Gasteiger partial charge < -0.3 is 0 Å². The van der Waals surface area contributed by atoms with Crippen LogP contribution in [0.1, 0.15) is 40.1 Å².